The Morgan fingerprint density at radius 2 is 1.67 bits per heavy atom. The van der Waals surface area contributed by atoms with Gasteiger partial charge in [-0.15, -0.1) is 13.2 Å². The SMILES string of the molecule is CCCc1ccn(C(N)=O)n1.O=C(Nc1ccc(-c2cc(C3CCCC3)n(C(=O)NCc3ccccc3)n2)c(O)c1)c1ccc(OC(F)(F)F)cc1. The van der Waals surface area contributed by atoms with Gasteiger partial charge in [0.1, 0.15) is 11.5 Å². The van der Waals surface area contributed by atoms with Gasteiger partial charge in [0.2, 0.25) is 0 Å². The number of aromatic hydroxyl groups is 1. The van der Waals surface area contributed by atoms with Crippen LogP contribution in [0.5, 0.6) is 11.5 Å². The third-order valence-corrected chi connectivity index (χ3v) is 8.25. The van der Waals surface area contributed by atoms with Crippen LogP contribution in [0.4, 0.5) is 28.4 Å². The molecule has 1 aliphatic rings. The molecule has 15 heteroatoms. The van der Waals surface area contributed by atoms with Crippen molar-refractivity contribution in [2.75, 3.05) is 5.32 Å². The summed E-state index contributed by atoms with van der Waals surface area (Å²) < 4.78 is 43.4. The predicted molar refractivity (Wildman–Crippen MR) is 187 cm³/mol. The summed E-state index contributed by atoms with van der Waals surface area (Å²) in [6.45, 7) is 2.40. The van der Waals surface area contributed by atoms with E-state index in [-0.39, 0.29) is 28.9 Å². The Bertz CT molecular complexity index is 1990. The van der Waals surface area contributed by atoms with Crippen LogP contribution in [-0.2, 0) is 13.0 Å². The number of alkyl halides is 3. The highest BCUT2D eigenvalue weighted by molar-refractivity contribution is 6.04. The van der Waals surface area contributed by atoms with Crippen LogP contribution in [0.15, 0.2) is 91.1 Å². The zero-order valence-corrected chi connectivity index (χ0v) is 28.3. The predicted octanol–water partition coefficient (Wildman–Crippen LogP) is 7.58. The number of halogens is 3. The molecular weight excluding hydrogens is 679 g/mol. The number of primary amides is 1. The van der Waals surface area contributed by atoms with Crippen LogP contribution in [0, 0.1) is 0 Å². The highest BCUT2D eigenvalue weighted by Gasteiger charge is 2.31. The molecule has 0 bridgehead atoms. The van der Waals surface area contributed by atoms with Gasteiger partial charge in [0.15, 0.2) is 0 Å². The van der Waals surface area contributed by atoms with Crippen LogP contribution in [0.3, 0.4) is 0 Å². The number of nitrogens with one attached hydrogen (secondary N) is 2. The van der Waals surface area contributed by atoms with E-state index in [0.29, 0.717) is 17.8 Å². The zero-order chi connectivity index (χ0) is 37.3. The van der Waals surface area contributed by atoms with Crippen LogP contribution >= 0.6 is 0 Å². The molecule has 3 aromatic carbocycles. The van der Waals surface area contributed by atoms with E-state index in [1.807, 2.05) is 36.4 Å². The number of phenolic OH excluding ortho intramolecular Hbond substituents is 1. The van der Waals surface area contributed by atoms with Gasteiger partial charge in [-0.3, -0.25) is 4.79 Å². The number of carbonyl (C=O) groups excluding carboxylic acids is 3. The molecule has 3 amide bonds. The van der Waals surface area contributed by atoms with Crippen LogP contribution in [0.25, 0.3) is 11.3 Å². The van der Waals surface area contributed by atoms with Crippen molar-refractivity contribution in [2.45, 2.75) is 64.3 Å². The van der Waals surface area contributed by atoms with Gasteiger partial charge < -0.3 is 26.2 Å². The quantitative estimate of drug-likeness (QED) is 0.122. The fourth-order valence-electron chi connectivity index (χ4n) is 5.76. The Hall–Kier alpha value is -6.12. The fourth-order valence-corrected chi connectivity index (χ4v) is 5.76. The van der Waals surface area contributed by atoms with Gasteiger partial charge in [-0.1, -0.05) is 56.5 Å². The lowest BCUT2D eigenvalue weighted by Gasteiger charge is -2.12. The molecule has 6 rings (SSSR count). The number of benzene rings is 3. The largest absolute Gasteiger partial charge is 0.573 e. The Kier molecular flexibility index (Phi) is 11.9. The maximum atomic E-state index is 13.1. The smallest absolute Gasteiger partial charge is 0.507 e. The van der Waals surface area contributed by atoms with Crippen molar-refractivity contribution in [1.29, 1.82) is 0 Å². The summed E-state index contributed by atoms with van der Waals surface area (Å²) in [4.78, 5) is 36.3. The minimum absolute atomic E-state index is 0.101. The van der Waals surface area contributed by atoms with E-state index < -0.39 is 24.1 Å². The van der Waals surface area contributed by atoms with Crippen LogP contribution in [0.1, 0.15) is 72.3 Å². The molecule has 2 heterocycles. The Labute approximate surface area is 297 Å². The number of carbonyl (C=O) groups is 3. The Morgan fingerprint density at radius 1 is 0.962 bits per heavy atom. The van der Waals surface area contributed by atoms with E-state index in [9.17, 15) is 32.7 Å². The fraction of sp³-hybridized carbons (Fsp3) is 0.270. The second kappa shape index (κ2) is 16.7. The first-order valence-electron chi connectivity index (χ1n) is 16.7. The number of aromatic nitrogens is 4. The molecule has 1 saturated carbocycles. The molecule has 0 aliphatic heterocycles. The highest BCUT2D eigenvalue weighted by atomic mass is 19.4. The summed E-state index contributed by atoms with van der Waals surface area (Å²) >= 11 is 0. The van der Waals surface area contributed by atoms with Gasteiger partial charge in [-0.2, -0.15) is 19.6 Å². The average Bonchev–Trinajstić information content (AvgIpc) is 3.90. The topological polar surface area (TPSA) is 166 Å². The van der Waals surface area contributed by atoms with Crippen molar-refractivity contribution in [1.82, 2.24) is 24.9 Å². The lowest BCUT2D eigenvalue weighted by atomic mass is 10.0. The number of aryl methyl sites for hydroxylation is 1. The number of amides is 3. The van der Waals surface area contributed by atoms with Crippen molar-refractivity contribution in [3.05, 3.63) is 114 Å². The second-order valence-corrected chi connectivity index (χ2v) is 12.1. The summed E-state index contributed by atoms with van der Waals surface area (Å²) in [5.41, 5.74) is 8.79. The summed E-state index contributed by atoms with van der Waals surface area (Å²) in [7, 11) is 0. The van der Waals surface area contributed by atoms with E-state index in [2.05, 4.69) is 32.5 Å². The number of rotatable bonds is 9. The molecule has 0 spiro atoms. The number of anilines is 1. The van der Waals surface area contributed by atoms with Crippen molar-refractivity contribution in [3.63, 3.8) is 0 Å². The van der Waals surface area contributed by atoms with Gasteiger partial charge in [0, 0.05) is 41.5 Å². The number of nitrogens with zero attached hydrogens (tertiary/aromatic N) is 4. The molecule has 0 atom stereocenters. The first-order valence-corrected chi connectivity index (χ1v) is 16.7. The van der Waals surface area contributed by atoms with E-state index in [4.69, 9.17) is 5.73 Å². The molecule has 5 N–H and O–H groups in total. The number of hydrogen-bond donors (Lipinski definition) is 4. The molecule has 1 aliphatic carbocycles. The molecule has 2 aromatic heterocycles. The maximum Gasteiger partial charge on any atom is 0.573 e. The van der Waals surface area contributed by atoms with E-state index in [1.54, 1.807) is 24.4 Å². The van der Waals surface area contributed by atoms with E-state index in [0.717, 1.165) is 72.3 Å². The molecule has 0 radical (unpaired) electrons. The van der Waals surface area contributed by atoms with Crippen molar-refractivity contribution >= 4 is 23.7 Å². The maximum absolute atomic E-state index is 13.1. The lowest BCUT2D eigenvalue weighted by Crippen LogP contribution is -2.30. The minimum Gasteiger partial charge on any atom is -0.507 e. The van der Waals surface area contributed by atoms with Gasteiger partial charge in [-0.05, 0) is 73.4 Å². The Balaban J connectivity index is 0.000000407. The number of hydrogen-bond acceptors (Lipinski definition) is 7. The highest BCUT2D eigenvalue weighted by Crippen LogP contribution is 2.38. The summed E-state index contributed by atoms with van der Waals surface area (Å²) in [6, 6.07) is 21.2. The van der Waals surface area contributed by atoms with Crippen molar-refractivity contribution in [2.24, 2.45) is 5.73 Å². The van der Waals surface area contributed by atoms with Crippen LogP contribution in [-0.4, -0.2) is 49.0 Å². The van der Waals surface area contributed by atoms with Gasteiger partial charge >= 0.3 is 18.4 Å². The Morgan fingerprint density at radius 3 is 2.29 bits per heavy atom. The molecule has 1 fully saturated rings. The first-order chi connectivity index (χ1) is 24.9. The van der Waals surface area contributed by atoms with Crippen LogP contribution < -0.4 is 21.1 Å². The van der Waals surface area contributed by atoms with E-state index >= 15 is 0 Å². The number of nitrogens with two attached hydrogens (primary N) is 1. The summed E-state index contributed by atoms with van der Waals surface area (Å²) in [6.07, 6.45) is 2.67. The molecule has 0 saturated heterocycles. The zero-order valence-electron chi connectivity index (χ0n) is 28.3. The molecule has 272 valence electrons. The summed E-state index contributed by atoms with van der Waals surface area (Å²) in [5, 5.41) is 24.8. The summed E-state index contributed by atoms with van der Waals surface area (Å²) in [5.74, 6) is -1.02. The molecule has 0 unspecified atom stereocenters. The standard InChI is InChI=1S/C30H27F3N4O4.C7H11N3O/c31-30(32,33)41-23-13-10-21(11-14-23)28(39)35-22-12-15-24(27(38)16-22)25-17-26(20-8-4-5-9-20)37(36-25)29(40)34-18-19-6-2-1-3-7-19;1-2-3-6-4-5-10(9-6)7(8)11/h1-3,6-7,10-17,20,38H,4-5,8-9,18H2,(H,34,40)(H,35,39);4-5H,2-3H2,1H3,(H2,8,11). The van der Waals surface area contributed by atoms with E-state index in [1.165, 1.54) is 22.9 Å². The lowest BCUT2D eigenvalue weighted by molar-refractivity contribution is -0.274. The molecule has 12 nitrogen and oxygen atoms in total. The normalized spacial score (nSPS) is 12.8. The number of ether oxygens (including phenoxy) is 1. The van der Waals surface area contributed by atoms with Crippen molar-refractivity contribution in [3.8, 4) is 22.8 Å². The third kappa shape index (κ3) is 9.99. The number of phenols is 1. The molecule has 5 aromatic rings. The molecule has 52 heavy (non-hydrogen) atoms. The average molecular weight is 718 g/mol. The first kappa shape index (κ1) is 37.1. The second-order valence-electron chi connectivity index (χ2n) is 12.1. The van der Waals surface area contributed by atoms with Crippen LogP contribution in [0.2, 0.25) is 0 Å². The third-order valence-electron chi connectivity index (χ3n) is 8.25. The van der Waals surface area contributed by atoms with Gasteiger partial charge in [0.05, 0.1) is 17.1 Å². The monoisotopic (exact) mass is 717 g/mol. The van der Waals surface area contributed by atoms with Gasteiger partial charge in [-0.25, -0.2) is 9.59 Å². The minimum atomic E-state index is -4.83. The van der Waals surface area contributed by atoms with Gasteiger partial charge in [0.25, 0.3) is 5.91 Å². The molecular formula is C37H38F3N7O5. The van der Waals surface area contributed by atoms with Crippen molar-refractivity contribution < 1.29 is 37.4 Å².